The van der Waals surface area contributed by atoms with Crippen LogP contribution in [0.3, 0.4) is 0 Å². The summed E-state index contributed by atoms with van der Waals surface area (Å²) in [5.41, 5.74) is 0.710. The van der Waals surface area contributed by atoms with E-state index in [0.29, 0.717) is 5.57 Å². The number of aliphatic hydroxyl groups excluding tert-OH is 1. The van der Waals surface area contributed by atoms with Crippen LogP contribution in [0.4, 0.5) is 0 Å². The summed E-state index contributed by atoms with van der Waals surface area (Å²) in [7, 11) is -2.73. The Morgan fingerprint density at radius 1 is 0.808 bits per heavy atom. The highest BCUT2D eigenvalue weighted by molar-refractivity contribution is 7.07. The zero-order chi connectivity index (χ0) is 18.4. The molecule has 3 rings (SSSR count). The molecule has 3 heteroatoms. The number of benzene rings is 3. The quantitative estimate of drug-likeness (QED) is 0.399. The average molecular weight is 361 g/mol. The minimum atomic E-state index is -2.73. The summed E-state index contributed by atoms with van der Waals surface area (Å²) in [4.78, 5) is 0. The van der Waals surface area contributed by atoms with Crippen molar-refractivity contribution in [1.82, 2.24) is 0 Å². The highest BCUT2D eigenvalue weighted by Gasteiger charge is 2.42. The third-order valence-corrected chi connectivity index (χ3v) is 8.61. The monoisotopic (exact) mass is 360 g/mol. The molecule has 0 bridgehead atoms. The van der Waals surface area contributed by atoms with Crippen molar-refractivity contribution >= 4 is 23.9 Å². The molecule has 0 fully saturated rings. The van der Waals surface area contributed by atoms with Crippen molar-refractivity contribution in [3.8, 4) is 0 Å². The fourth-order valence-electron chi connectivity index (χ4n) is 3.11. The van der Waals surface area contributed by atoms with E-state index in [1.807, 2.05) is 61.5 Å². The van der Waals surface area contributed by atoms with Crippen LogP contribution in [0.25, 0.3) is 0 Å². The predicted molar refractivity (Wildman–Crippen MR) is 111 cm³/mol. The summed E-state index contributed by atoms with van der Waals surface area (Å²) in [5.74, 6) is 0. The lowest BCUT2D eigenvalue weighted by Gasteiger charge is -2.34. The Hall–Kier alpha value is -2.46. The second-order valence-corrected chi connectivity index (χ2v) is 9.84. The zero-order valence-electron chi connectivity index (χ0n) is 15.0. The molecule has 132 valence electrons. The van der Waals surface area contributed by atoms with Crippen molar-refractivity contribution in [2.24, 2.45) is 0 Å². The van der Waals surface area contributed by atoms with Crippen molar-refractivity contribution in [2.45, 2.75) is 13.0 Å². The number of aliphatic hydroxyl groups is 1. The molecule has 0 amide bonds. The van der Waals surface area contributed by atoms with Gasteiger partial charge in [-0.2, -0.15) is 0 Å². The van der Waals surface area contributed by atoms with E-state index in [0.717, 1.165) is 15.6 Å². The molecule has 1 atom stereocenters. The molecule has 0 aromatic heterocycles. The summed E-state index contributed by atoms with van der Waals surface area (Å²) in [6, 6.07) is 31.1. The second kappa shape index (κ2) is 8.28. The minimum absolute atomic E-state index is 0.222. The van der Waals surface area contributed by atoms with Crippen LogP contribution in [0.5, 0.6) is 0 Å². The summed E-state index contributed by atoms with van der Waals surface area (Å²) in [6.45, 7) is 5.91. The van der Waals surface area contributed by atoms with Crippen molar-refractivity contribution in [1.29, 1.82) is 0 Å². The van der Waals surface area contributed by atoms with Crippen molar-refractivity contribution in [2.75, 3.05) is 6.61 Å². The van der Waals surface area contributed by atoms with E-state index in [2.05, 4.69) is 43.0 Å². The molecule has 0 aliphatic carbocycles. The van der Waals surface area contributed by atoms with E-state index in [4.69, 9.17) is 4.43 Å². The molecule has 0 heterocycles. The Kier molecular flexibility index (Phi) is 5.84. The maximum Gasteiger partial charge on any atom is 0.288 e. The van der Waals surface area contributed by atoms with Gasteiger partial charge in [-0.15, -0.1) is 0 Å². The maximum atomic E-state index is 10.3. The smallest absolute Gasteiger partial charge is 0.288 e. The van der Waals surface area contributed by atoms with E-state index in [-0.39, 0.29) is 6.61 Å². The van der Waals surface area contributed by atoms with Crippen LogP contribution in [0.2, 0.25) is 0 Å². The van der Waals surface area contributed by atoms with Gasteiger partial charge in [0.1, 0.15) is 0 Å². The van der Waals surface area contributed by atoms with E-state index >= 15 is 0 Å². The topological polar surface area (TPSA) is 29.5 Å². The molecule has 0 aliphatic heterocycles. The fourth-order valence-corrected chi connectivity index (χ4v) is 7.01. The molecule has 0 unspecified atom stereocenters. The molecule has 1 N–H and O–H groups in total. The Bertz CT molecular complexity index is 735. The van der Waals surface area contributed by atoms with Gasteiger partial charge in [-0.05, 0) is 28.1 Å². The first-order valence-electron chi connectivity index (χ1n) is 8.78. The van der Waals surface area contributed by atoms with Crippen LogP contribution in [-0.4, -0.2) is 26.1 Å². The number of hydrogen-bond donors (Lipinski definition) is 1. The standard InChI is InChI=1S/C23H24O2Si/c1-19(2)23(24)18-25-26(20-12-6-3-7-13-20,21-14-8-4-9-15-21)22-16-10-5-11-17-22/h3-17,23-24H,1,18H2,2H3/t23-/m1/s1. The van der Waals surface area contributed by atoms with Crippen LogP contribution in [0.1, 0.15) is 6.92 Å². The minimum Gasteiger partial charge on any atom is -0.401 e. The average Bonchev–Trinajstić information content (AvgIpc) is 2.70. The molecule has 0 radical (unpaired) electrons. The van der Waals surface area contributed by atoms with Gasteiger partial charge in [0, 0.05) is 0 Å². The Balaban J connectivity index is 2.19. The second-order valence-electron chi connectivity index (χ2n) is 6.45. The lowest BCUT2D eigenvalue weighted by molar-refractivity contribution is 0.135. The highest BCUT2D eigenvalue weighted by atomic mass is 28.4. The van der Waals surface area contributed by atoms with Crippen molar-refractivity contribution < 1.29 is 9.53 Å². The SMILES string of the molecule is C=C(C)[C@H](O)CO[Si](c1ccccc1)(c1ccccc1)c1ccccc1. The van der Waals surface area contributed by atoms with Crippen LogP contribution in [0, 0.1) is 0 Å². The van der Waals surface area contributed by atoms with Gasteiger partial charge >= 0.3 is 0 Å². The molecule has 0 aliphatic rings. The molecular formula is C23H24O2Si. The van der Waals surface area contributed by atoms with Gasteiger partial charge in [-0.25, -0.2) is 0 Å². The van der Waals surface area contributed by atoms with Gasteiger partial charge < -0.3 is 9.53 Å². The summed E-state index contributed by atoms with van der Waals surface area (Å²) < 4.78 is 6.64. The van der Waals surface area contributed by atoms with Crippen LogP contribution in [-0.2, 0) is 4.43 Å². The zero-order valence-corrected chi connectivity index (χ0v) is 16.0. The fraction of sp³-hybridized carbons (Fsp3) is 0.130. The lowest BCUT2D eigenvalue weighted by Crippen LogP contribution is -2.69. The third-order valence-electron chi connectivity index (χ3n) is 4.57. The summed E-state index contributed by atoms with van der Waals surface area (Å²) in [5, 5.41) is 13.8. The van der Waals surface area contributed by atoms with E-state index < -0.39 is 14.4 Å². The first-order valence-corrected chi connectivity index (χ1v) is 10.7. The normalized spacial score (nSPS) is 12.5. The lowest BCUT2D eigenvalue weighted by atomic mass is 10.2. The Labute approximate surface area is 156 Å². The highest BCUT2D eigenvalue weighted by Crippen LogP contribution is 2.11. The summed E-state index contributed by atoms with van der Waals surface area (Å²) in [6.07, 6.45) is -0.682. The maximum absolute atomic E-state index is 10.3. The van der Waals surface area contributed by atoms with E-state index in [1.54, 1.807) is 0 Å². The molecule has 0 saturated carbocycles. The summed E-state index contributed by atoms with van der Waals surface area (Å²) >= 11 is 0. The number of rotatable bonds is 7. The molecule has 0 saturated heterocycles. The molecule has 3 aromatic rings. The van der Waals surface area contributed by atoms with Gasteiger partial charge in [0.15, 0.2) is 0 Å². The largest absolute Gasteiger partial charge is 0.401 e. The predicted octanol–water partition coefficient (Wildman–Crippen LogP) is 2.61. The molecular weight excluding hydrogens is 336 g/mol. The first-order chi connectivity index (χ1) is 12.6. The van der Waals surface area contributed by atoms with Crippen molar-refractivity contribution in [3.05, 3.63) is 103 Å². The first kappa shape index (κ1) is 18.3. The Morgan fingerprint density at radius 2 is 1.15 bits per heavy atom. The van der Waals surface area contributed by atoms with Gasteiger partial charge in [-0.3, -0.25) is 0 Å². The van der Waals surface area contributed by atoms with E-state index in [1.165, 1.54) is 0 Å². The van der Waals surface area contributed by atoms with Gasteiger partial charge in [-0.1, -0.05) is 97.6 Å². The molecule has 2 nitrogen and oxygen atoms in total. The number of hydrogen-bond acceptors (Lipinski definition) is 2. The molecule has 26 heavy (non-hydrogen) atoms. The van der Waals surface area contributed by atoms with Crippen LogP contribution >= 0.6 is 0 Å². The van der Waals surface area contributed by atoms with Crippen molar-refractivity contribution in [3.63, 3.8) is 0 Å². The van der Waals surface area contributed by atoms with Gasteiger partial charge in [0.2, 0.25) is 0 Å². The Morgan fingerprint density at radius 3 is 1.46 bits per heavy atom. The molecule has 0 spiro atoms. The molecule has 3 aromatic carbocycles. The van der Waals surface area contributed by atoms with Crippen LogP contribution < -0.4 is 15.6 Å². The van der Waals surface area contributed by atoms with Crippen LogP contribution in [0.15, 0.2) is 103 Å². The van der Waals surface area contributed by atoms with E-state index in [9.17, 15) is 5.11 Å². The third kappa shape index (κ3) is 3.70. The van der Waals surface area contributed by atoms with Gasteiger partial charge in [0.25, 0.3) is 8.32 Å². The van der Waals surface area contributed by atoms with Gasteiger partial charge in [0.05, 0.1) is 12.7 Å².